The van der Waals surface area contributed by atoms with Crippen molar-refractivity contribution in [3.63, 3.8) is 0 Å². The Labute approximate surface area is 67.5 Å². The Morgan fingerprint density at radius 2 is 2.45 bits per heavy atom. The normalized spacial score (nSPS) is 37.0. The maximum absolute atomic E-state index is 10.3. The molecule has 2 N–H and O–H groups in total. The average Bonchev–Trinajstić information content (AvgIpc) is 2.63. The molecule has 2 atom stereocenters. The third-order valence-corrected chi connectivity index (χ3v) is 2.49. The molecular weight excluding hydrogens is 138 g/mol. The highest BCUT2D eigenvalue weighted by atomic mass is 16.1. The van der Waals surface area contributed by atoms with Crippen molar-refractivity contribution in [2.45, 2.75) is 32.2 Å². The van der Waals surface area contributed by atoms with Crippen LogP contribution in [0.4, 0.5) is 0 Å². The van der Waals surface area contributed by atoms with Gasteiger partial charge >= 0.3 is 0 Å². The SMILES string of the molecule is CCC1(N)CC1/C=C(\C)C=O. The van der Waals surface area contributed by atoms with Gasteiger partial charge in [-0.15, -0.1) is 0 Å². The van der Waals surface area contributed by atoms with E-state index < -0.39 is 0 Å². The number of hydrogen-bond acceptors (Lipinski definition) is 2. The van der Waals surface area contributed by atoms with E-state index in [1.54, 1.807) is 0 Å². The van der Waals surface area contributed by atoms with Gasteiger partial charge in [0.2, 0.25) is 0 Å². The molecule has 2 heteroatoms. The molecule has 1 fully saturated rings. The molecule has 0 aliphatic heterocycles. The van der Waals surface area contributed by atoms with Crippen LogP contribution >= 0.6 is 0 Å². The number of hydrogen-bond donors (Lipinski definition) is 1. The number of carbonyl (C=O) groups is 1. The highest BCUT2D eigenvalue weighted by Crippen LogP contribution is 2.44. The van der Waals surface area contributed by atoms with Crippen molar-refractivity contribution in [3.05, 3.63) is 11.6 Å². The second-order valence-electron chi connectivity index (χ2n) is 3.43. The summed E-state index contributed by atoms with van der Waals surface area (Å²) in [6.45, 7) is 3.91. The van der Waals surface area contributed by atoms with Crippen LogP contribution in [-0.4, -0.2) is 11.8 Å². The zero-order chi connectivity index (χ0) is 8.48. The smallest absolute Gasteiger partial charge is 0.145 e. The van der Waals surface area contributed by atoms with E-state index in [1.165, 1.54) is 0 Å². The predicted octanol–water partition coefficient (Wildman–Crippen LogP) is 1.26. The quantitative estimate of drug-likeness (QED) is 0.490. The molecule has 1 rings (SSSR count). The van der Waals surface area contributed by atoms with Crippen LogP contribution in [0.15, 0.2) is 11.6 Å². The number of rotatable bonds is 3. The maximum Gasteiger partial charge on any atom is 0.145 e. The fourth-order valence-electron chi connectivity index (χ4n) is 1.34. The van der Waals surface area contributed by atoms with E-state index in [-0.39, 0.29) is 5.54 Å². The summed E-state index contributed by atoms with van der Waals surface area (Å²) in [4.78, 5) is 10.3. The monoisotopic (exact) mass is 153 g/mol. The Morgan fingerprint density at radius 1 is 1.82 bits per heavy atom. The van der Waals surface area contributed by atoms with Gasteiger partial charge in [-0.1, -0.05) is 13.0 Å². The summed E-state index contributed by atoms with van der Waals surface area (Å²) < 4.78 is 0. The Balaban J connectivity index is 2.50. The van der Waals surface area contributed by atoms with Crippen molar-refractivity contribution in [2.75, 3.05) is 0 Å². The molecule has 0 bridgehead atoms. The minimum absolute atomic E-state index is 0.00424. The molecule has 0 heterocycles. The van der Waals surface area contributed by atoms with Gasteiger partial charge in [0.1, 0.15) is 6.29 Å². The lowest BCUT2D eigenvalue weighted by Gasteiger charge is -2.03. The van der Waals surface area contributed by atoms with Crippen LogP contribution in [0.25, 0.3) is 0 Å². The number of allylic oxidation sites excluding steroid dienone is 1. The zero-order valence-electron chi connectivity index (χ0n) is 7.13. The lowest BCUT2D eigenvalue weighted by atomic mass is 10.1. The van der Waals surface area contributed by atoms with E-state index in [0.717, 1.165) is 24.7 Å². The summed E-state index contributed by atoms with van der Waals surface area (Å²) in [6, 6.07) is 0. The van der Waals surface area contributed by atoms with E-state index in [4.69, 9.17) is 5.73 Å². The van der Waals surface area contributed by atoms with E-state index in [2.05, 4.69) is 6.92 Å². The highest BCUT2D eigenvalue weighted by molar-refractivity contribution is 5.72. The first-order valence-electron chi connectivity index (χ1n) is 4.05. The molecule has 2 unspecified atom stereocenters. The topological polar surface area (TPSA) is 43.1 Å². The summed E-state index contributed by atoms with van der Waals surface area (Å²) in [7, 11) is 0. The number of nitrogens with two attached hydrogens (primary N) is 1. The molecule has 1 saturated carbocycles. The lowest BCUT2D eigenvalue weighted by Crippen LogP contribution is -2.22. The first-order valence-corrected chi connectivity index (χ1v) is 4.05. The first-order chi connectivity index (χ1) is 5.12. The van der Waals surface area contributed by atoms with Gasteiger partial charge in [-0.05, 0) is 31.3 Å². The van der Waals surface area contributed by atoms with Gasteiger partial charge in [-0.2, -0.15) is 0 Å². The van der Waals surface area contributed by atoms with E-state index in [0.29, 0.717) is 5.92 Å². The van der Waals surface area contributed by atoms with Gasteiger partial charge in [0, 0.05) is 5.54 Å². The standard InChI is InChI=1S/C9H15NO/c1-3-9(10)5-8(9)4-7(2)6-11/h4,6,8H,3,5,10H2,1-2H3/b7-4+. The number of aldehydes is 1. The summed E-state index contributed by atoms with van der Waals surface area (Å²) in [5.41, 5.74) is 6.74. The second kappa shape index (κ2) is 2.78. The summed E-state index contributed by atoms with van der Waals surface area (Å²) in [5.74, 6) is 0.442. The van der Waals surface area contributed by atoms with Crippen LogP contribution in [0, 0.1) is 5.92 Å². The van der Waals surface area contributed by atoms with Crippen LogP contribution in [0.1, 0.15) is 26.7 Å². The Morgan fingerprint density at radius 3 is 2.82 bits per heavy atom. The molecule has 0 amide bonds. The van der Waals surface area contributed by atoms with E-state index in [9.17, 15) is 4.79 Å². The van der Waals surface area contributed by atoms with Gasteiger partial charge in [0.05, 0.1) is 0 Å². The van der Waals surface area contributed by atoms with Crippen LogP contribution in [-0.2, 0) is 4.79 Å². The lowest BCUT2D eigenvalue weighted by molar-refractivity contribution is -0.104. The maximum atomic E-state index is 10.3. The molecule has 62 valence electrons. The van der Waals surface area contributed by atoms with Gasteiger partial charge < -0.3 is 5.73 Å². The van der Waals surface area contributed by atoms with Crippen molar-refractivity contribution in [3.8, 4) is 0 Å². The van der Waals surface area contributed by atoms with Crippen molar-refractivity contribution in [1.29, 1.82) is 0 Å². The molecular formula is C9H15NO. The highest BCUT2D eigenvalue weighted by Gasteiger charge is 2.47. The third-order valence-electron chi connectivity index (χ3n) is 2.49. The molecule has 1 aliphatic rings. The molecule has 0 spiro atoms. The third kappa shape index (κ3) is 1.69. The fourth-order valence-corrected chi connectivity index (χ4v) is 1.34. The second-order valence-corrected chi connectivity index (χ2v) is 3.43. The molecule has 11 heavy (non-hydrogen) atoms. The van der Waals surface area contributed by atoms with E-state index in [1.807, 2.05) is 13.0 Å². The Hall–Kier alpha value is -0.630. The van der Waals surface area contributed by atoms with Crippen molar-refractivity contribution in [1.82, 2.24) is 0 Å². The van der Waals surface area contributed by atoms with Crippen LogP contribution < -0.4 is 5.73 Å². The molecule has 0 aromatic rings. The largest absolute Gasteiger partial charge is 0.325 e. The zero-order valence-corrected chi connectivity index (χ0v) is 7.13. The Kier molecular flexibility index (Phi) is 2.14. The molecule has 0 aromatic heterocycles. The minimum Gasteiger partial charge on any atom is -0.325 e. The average molecular weight is 153 g/mol. The van der Waals surface area contributed by atoms with Gasteiger partial charge in [0.25, 0.3) is 0 Å². The molecule has 0 radical (unpaired) electrons. The van der Waals surface area contributed by atoms with Crippen LogP contribution in [0.2, 0.25) is 0 Å². The van der Waals surface area contributed by atoms with Crippen molar-refractivity contribution >= 4 is 6.29 Å². The summed E-state index contributed by atoms with van der Waals surface area (Å²) in [5, 5.41) is 0. The minimum atomic E-state index is 0.00424. The first kappa shape index (κ1) is 8.47. The predicted molar refractivity (Wildman–Crippen MR) is 45.1 cm³/mol. The summed E-state index contributed by atoms with van der Waals surface area (Å²) >= 11 is 0. The molecule has 2 nitrogen and oxygen atoms in total. The van der Waals surface area contributed by atoms with Gasteiger partial charge in [-0.25, -0.2) is 0 Å². The van der Waals surface area contributed by atoms with Gasteiger partial charge in [-0.3, -0.25) is 4.79 Å². The molecule has 1 aliphatic carbocycles. The van der Waals surface area contributed by atoms with Crippen molar-refractivity contribution < 1.29 is 4.79 Å². The van der Waals surface area contributed by atoms with Crippen LogP contribution in [0.5, 0.6) is 0 Å². The summed E-state index contributed by atoms with van der Waals surface area (Å²) in [6.07, 6.45) is 4.90. The number of carbonyl (C=O) groups excluding carboxylic acids is 1. The van der Waals surface area contributed by atoms with E-state index >= 15 is 0 Å². The van der Waals surface area contributed by atoms with Crippen molar-refractivity contribution in [2.24, 2.45) is 11.7 Å². The Bertz CT molecular complexity index is 198. The molecule has 0 saturated heterocycles. The van der Waals surface area contributed by atoms with Gasteiger partial charge in [0.15, 0.2) is 0 Å². The van der Waals surface area contributed by atoms with Crippen LogP contribution in [0.3, 0.4) is 0 Å². The molecule has 0 aromatic carbocycles. The fraction of sp³-hybridized carbons (Fsp3) is 0.667.